The Morgan fingerprint density at radius 3 is 2.60 bits per heavy atom. The minimum absolute atomic E-state index is 0.0872. The lowest BCUT2D eigenvalue weighted by molar-refractivity contribution is 0.228. The molecule has 1 aliphatic rings. The van der Waals surface area contributed by atoms with Crippen LogP contribution >= 0.6 is 0 Å². The van der Waals surface area contributed by atoms with Gasteiger partial charge in [-0.15, -0.1) is 0 Å². The molecule has 2 N–H and O–H groups in total. The first-order valence-electron chi connectivity index (χ1n) is 5.65. The summed E-state index contributed by atoms with van der Waals surface area (Å²) in [4.78, 5) is 0. The van der Waals surface area contributed by atoms with Gasteiger partial charge in [0.2, 0.25) is 0 Å². The van der Waals surface area contributed by atoms with Gasteiger partial charge < -0.3 is 5.73 Å². The van der Waals surface area contributed by atoms with Crippen LogP contribution in [0.5, 0.6) is 0 Å². The molecule has 0 heterocycles. The average molecular weight is 207 g/mol. The normalized spacial score (nSPS) is 18.6. The number of halogens is 1. The van der Waals surface area contributed by atoms with Gasteiger partial charge in [0.25, 0.3) is 0 Å². The fourth-order valence-corrected chi connectivity index (χ4v) is 2.49. The molecule has 0 unspecified atom stereocenters. The molecular formula is C13H18FN. The third kappa shape index (κ3) is 1.78. The zero-order valence-electron chi connectivity index (χ0n) is 9.22. The van der Waals surface area contributed by atoms with E-state index >= 15 is 0 Å². The molecule has 2 heteroatoms. The van der Waals surface area contributed by atoms with Crippen LogP contribution in [0.4, 0.5) is 4.39 Å². The fourth-order valence-electron chi connectivity index (χ4n) is 2.49. The highest BCUT2D eigenvalue weighted by molar-refractivity contribution is 5.31. The minimum Gasteiger partial charge on any atom is -0.330 e. The molecule has 1 fully saturated rings. The number of hydrogen-bond acceptors (Lipinski definition) is 1. The van der Waals surface area contributed by atoms with Crippen LogP contribution < -0.4 is 5.73 Å². The monoisotopic (exact) mass is 207 g/mol. The van der Waals surface area contributed by atoms with Crippen molar-refractivity contribution in [1.82, 2.24) is 0 Å². The van der Waals surface area contributed by atoms with E-state index in [0.29, 0.717) is 6.54 Å². The second-order valence-electron chi connectivity index (χ2n) is 4.64. The zero-order valence-corrected chi connectivity index (χ0v) is 9.22. The Morgan fingerprint density at radius 2 is 2.13 bits per heavy atom. The summed E-state index contributed by atoms with van der Waals surface area (Å²) in [5.74, 6) is -0.0872. The highest BCUT2D eigenvalue weighted by atomic mass is 19.1. The highest BCUT2D eigenvalue weighted by Gasteiger charge is 2.37. The molecule has 1 aliphatic carbocycles. The Kier molecular flexibility index (Phi) is 2.79. The van der Waals surface area contributed by atoms with Crippen molar-refractivity contribution in [3.05, 3.63) is 35.1 Å². The van der Waals surface area contributed by atoms with E-state index in [9.17, 15) is 4.39 Å². The summed E-state index contributed by atoms with van der Waals surface area (Å²) in [5, 5.41) is 0. The Balaban J connectivity index is 2.30. The maximum atomic E-state index is 13.5. The summed E-state index contributed by atoms with van der Waals surface area (Å²) < 4.78 is 13.5. The Labute approximate surface area is 90.5 Å². The summed E-state index contributed by atoms with van der Waals surface area (Å²) in [6, 6.07) is 5.64. The van der Waals surface area contributed by atoms with Crippen LogP contribution in [0.15, 0.2) is 18.2 Å². The van der Waals surface area contributed by atoms with Crippen molar-refractivity contribution in [2.45, 2.75) is 38.0 Å². The molecule has 2 rings (SSSR count). The molecule has 0 saturated heterocycles. The third-order valence-electron chi connectivity index (χ3n) is 3.72. The molecule has 0 aliphatic heterocycles. The predicted molar refractivity (Wildman–Crippen MR) is 60.3 cm³/mol. The molecule has 0 amide bonds. The molecule has 1 aromatic rings. The van der Waals surface area contributed by atoms with Gasteiger partial charge in [0, 0.05) is 0 Å². The van der Waals surface area contributed by atoms with Crippen molar-refractivity contribution in [2.75, 3.05) is 6.54 Å². The summed E-state index contributed by atoms with van der Waals surface area (Å²) in [6.07, 6.45) is 4.55. The Morgan fingerprint density at radius 1 is 1.40 bits per heavy atom. The Bertz CT molecular complexity index is 356. The second-order valence-corrected chi connectivity index (χ2v) is 4.64. The second kappa shape index (κ2) is 3.93. The van der Waals surface area contributed by atoms with E-state index in [1.807, 2.05) is 6.07 Å². The lowest BCUT2D eigenvalue weighted by Crippen LogP contribution is -2.36. The van der Waals surface area contributed by atoms with E-state index in [-0.39, 0.29) is 11.2 Å². The van der Waals surface area contributed by atoms with Crippen molar-refractivity contribution in [2.24, 2.45) is 5.73 Å². The fraction of sp³-hybridized carbons (Fsp3) is 0.538. The highest BCUT2D eigenvalue weighted by Crippen LogP contribution is 2.46. The lowest BCUT2D eigenvalue weighted by atomic mass is 9.62. The van der Waals surface area contributed by atoms with Gasteiger partial charge in [-0.1, -0.05) is 18.6 Å². The summed E-state index contributed by atoms with van der Waals surface area (Å²) in [7, 11) is 0. The molecule has 15 heavy (non-hydrogen) atoms. The minimum atomic E-state index is -0.0872. The number of hydrogen-bond donors (Lipinski definition) is 1. The van der Waals surface area contributed by atoms with Crippen molar-refractivity contribution in [3.63, 3.8) is 0 Å². The third-order valence-corrected chi connectivity index (χ3v) is 3.72. The quantitative estimate of drug-likeness (QED) is 0.810. The van der Waals surface area contributed by atoms with Gasteiger partial charge in [-0.25, -0.2) is 4.39 Å². The van der Waals surface area contributed by atoms with Gasteiger partial charge in [-0.3, -0.25) is 0 Å². The molecule has 0 aromatic heterocycles. The van der Waals surface area contributed by atoms with E-state index in [0.717, 1.165) is 30.4 Å². The van der Waals surface area contributed by atoms with Crippen LogP contribution in [0.3, 0.4) is 0 Å². The first-order valence-corrected chi connectivity index (χ1v) is 5.65. The lowest BCUT2D eigenvalue weighted by Gasteiger charge is -2.42. The standard InChI is InChI=1S/C13H18FN/c1-10-3-4-11(9-12(10)14)13(7-8-15)5-2-6-13/h3-4,9H,2,5-8,15H2,1H3. The molecule has 82 valence electrons. The predicted octanol–water partition coefficient (Wildman–Crippen LogP) is 2.90. The summed E-state index contributed by atoms with van der Waals surface area (Å²) in [6.45, 7) is 2.49. The van der Waals surface area contributed by atoms with Crippen molar-refractivity contribution in [1.29, 1.82) is 0 Å². The Hall–Kier alpha value is -0.890. The van der Waals surface area contributed by atoms with Crippen LogP contribution in [0.2, 0.25) is 0 Å². The van der Waals surface area contributed by atoms with E-state index < -0.39 is 0 Å². The molecule has 1 saturated carbocycles. The maximum Gasteiger partial charge on any atom is 0.126 e. The maximum absolute atomic E-state index is 13.5. The van der Waals surface area contributed by atoms with Gasteiger partial charge in [-0.05, 0) is 55.3 Å². The van der Waals surface area contributed by atoms with Gasteiger partial charge in [0.05, 0.1) is 0 Å². The van der Waals surface area contributed by atoms with E-state index in [4.69, 9.17) is 5.73 Å². The van der Waals surface area contributed by atoms with Crippen LogP contribution in [0.1, 0.15) is 36.8 Å². The summed E-state index contributed by atoms with van der Waals surface area (Å²) >= 11 is 0. The van der Waals surface area contributed by atoms with Gasteiger partial charge in [0.15, 0.2) is 0 Å². The average Bonchev–Trinajstić information content (AvgIpc) is 2.16. The molecule has 0 spiro atoms. The van der Waals surface area contributed by atoms with Gasteiger partial charge in [-0.2, -0.15) is 0 Å². The first kappa shape index (κ1) is 10.6. The van der Waals surface area contributed by atoms with Crippen LogP contribution in [0.25, 0.3) is 0 Å². The SMILES string of the molecule is Cc1ccc(C2(CCN)CCC2)cc1F. The summed E-state index contributed by atoms with van der Waals surface area (Å²) in [5.41, 5.74) is 7.68. The number of nitrogens with two attached hydrogens (primary N) is 1. The topological polar surface area (TPSA) is 26.0 Å². The van der Waals surface area contributed by atoms with Gasteiger partial charge in [0.1, 0.15) is 5.82 Å². The molecule has 1 nitrogen and oxygen atoms in total. The molecular weight excluding hydrogens is 189 g/mol. The van der Waals surface area contributed by atoms with Crippen LogP contribution in [0, 0.1) is 12.7 Å². The van der Waals surface area contributed by atoms with Crippen LogP contribution in [-0.2, 0) is 5.41 Å². The molecule has 1 aromatic carbocycles. The molecule has 0 atom stereocenters. The van der Waals surface area contributed by atoms with E-state index in [1.54, 1.807) is 13.0 Å². The zero-order chi connectivity index (χ0) is 10.9. The van der Waals surface area contributed by atoms with Crippen molar-refractivity contribution >= 4 is 0 Å². The first-order chi connectivity index (χ1) is 7.18. The molecule has 0 radical (unpaired) electrons. The van der Waals surface area contributed by atoms with E-state index in [2.05, 4.69) is 6.07 Å². The number of aryl methyl sites for hydroxylation is 1. The van der Waals surface area contributed by atoms with Crippen molar-refractivity contribution in [3.8, 4) is 0 Å². The number of rotatable bonds is 3. The van der Waals surface area contributed by atoms with Gasteiger partial charge >= 0.3 is 0 Å². The van der Waals surface area contributed by atoms with Crippen molar-refractivity contribution < 1.29 is 4.39 Å². The molecule has 0 bridgehead atoms. The number of benzene rings is 1. The largest absolute Gasteiger partial charge is 0.330 e. The van der Waals surface area contributed by atoms with Crippen LogP contribution in [-0.4, -0.2) is 6.54 Å². The smallest absolute Gasteiger partial charge is 0.126 e. The van der Waals surface area contributed by atoms with E-state index in [1.165, 1.54) is 6.42 Å².